The van der Waals surface area contributed by atoms with Crippen molar-refractivity contribution in [1.29, 1.82) is 0 Å². The second-order valence-electron chi connectivity index (χ2n) is 9.23. The van der Waals surface area contributed by atoms with Crippen LogP contribution in [0.3, 0.4) is 0 Å². The van der Waals surface area contributed by atoms with Gasteiger partial charge >= 0.3 is 0 Å². The van der Waals surface area contributed by atoms with Crippen molar-refractivity contribution < 1.29 is 34.6 Å². The molecule has 0 aliphatic carbocycles. The van der Waals surface area contributed by atoms with E-state index in [1.54, 1.807) is 6.92 Å². The van der Waals surface area contributed by atoms with Crippen molar-refractivity contribution in [2.75, 3.05) is 26.9 Å². The lowest BCUT2D eigenvalue weighted by Crippen LogP contribution is -2.48. The molecule has 0 bridgehead atoms. The first-order valence-corrected chi connectivity index (χ1v) is 10.6. The van der Waals surface area contributed by atoms with E-state index in [1.165, 1.54) is 7.11 Å². The van der Waals surface area contributed by atoms with Crippen molar-refractivity contribution in [3.8, 4) is 0 Å². The van der Waals surface area contributed by atoms with Crippen LogP contribution in [0, 0.1) is 5.92 Å². The molecule has 0 amide bonds. The summed E-state index contributed by atoms with van der Waals surface area (Å²) in [6, 6.07) is 0.267. The Hall–Kier alpha value is -0.515. The van der Waals surface area contributed by atoms with Gasteiger partial charge in [0.2, 0.25) is 0 Å². The fourth-order valence-corrected chi connectivity index (χ4v) is 2.70. The van der Waals surface area contributed by atoms with E-state index in [0.29, 0.717) is 13.0 Å². The average Bonchev–Trinajstić information content (AvgIpc) is 2.68. The Bertz CT molecular complexity index is 478. The fraction of sp³-hybridized carbons (Fsp3) is 0.905. The summed E-state index contributed by atoms with van der Waals surface area (Å²) >= 11 is 0. The minimum atomic E-state index is -1.61. The smallest absolute Gasteiger partial charge is 0.183 e. The predicted octanol–water partition coefficient (Wildman–Crippen LogP) is -0.225. The van der Waals surface area contributed by atoms with Crippen LogP contribution in [0.5, 0.6) is 0 Å². The molecule has 0 spiro atoms. The van der Waals surface area contributed by atoms with Crippen molar-refractivity contribution in [1.82, 2.24) is 5.32 Å². The van der Waals surface area contributed by atoms with Crippen LogP contribution in [0.15, 0.2) is 12.7 Å². The van der Waals surface area contributed by atoms with E-state index in [9.17, 15) is 20.4 Å². The fourth-order valence-electron chi connectivity index (χ4n) is 2.70. The zero-order chi connectivity index (χ0) is 23.5. The monoisotopic (exact) mass is 433 g/mol. The number of hydrogen-bond donors (Lipinski definition) is 5. The SMILES string of the molecule is BC(C)(CCNC(C)C=C)OCCC(C)(C)OCC(C)C(O)C(O)C(O)C(O)OC. The minimum absolute atomic E-state index is 0.174. The molecule has 0 saturated carbocycles. The lowest BCUT2D eigenvalue weighted by Gasteiger charge is -2.33. The molecule has 0 radical (unpaired) electrons. The molecule has 0 aromatic heterocycles. The van der Waals surface area contributed by atoms with Crippen molar-refractivity contribution >= 4 is 7.85 Å². The molecule has 0 saturated heterocycles. The van der Waals surface area contributed by atoms with Crippen LogP contribution in [-0.2, 0) is 14.2 Å². The van der Waals surface area contributed by atoms with Crippen molar-refractivity contribution in [2.45, 2.75) is 89.2 Å². The zero-order valence-electron chi connectivity index (χ0n) is 19.8. The normalized spacial score (nSPS) is 20.6. The molecule has 0 aliphatic heterocycles. The third kappa shape index (κ3) is 11.8. The number of aliphatic hydroxyl groups excluding tert-OH is 4. The summed E-state index contributed by atoms with van der Waals surface area (Å²) in [5.74, 6) is -0.465. The minimum Gasteiger partial charge on any atom is -0.390 e. The van der Waals surface area contributed by atoms with E-state index in [2.05, 4.69) is 38.3 Å². The third-order valence-corrected chi connectivity index (χ3v) is 5.30. The third-order valence-electron chi connectivity index (χ3n) is 5.30. The van der Waals surface area contributed by atoms with E-state index < -0.39 is 36.1 Å². The van der Waals surface area contributed by atoms with Gasteiger partial charge in [0.1, 0.15) is 20.1 Å². The van der Waals surface area contributed by atoms with E-state index in [-0.39, 0.29) is 18.1 Å². The summed E-state index contributed by atoms with van der Waals surface area (Å²) in [4.78, 5) is 0. The van der Waals surface area contributed by atoms with Crippen molar-refractivity contribution in [3.63, 3.8) is 0 Å². The largest absolute Gasteiger partial charge is 0.390 e. The molecule has 0 aromatic carbocycles. The van der Waals surface area contributed by atoms with Gasteiger partial charge in [-0.05, 0) is 47.1 Å². The van der Waals surface area contributed by atoms with Crippen molar-refractivity contribution in [3.05, 3.63) is 12.7 Å². The Morgan fingerprint density at radius 2 is 1.60 bits per heavy atom. The van der Waals surface area contributed by atoms with Crippen LogP contribution in [-0.4, -0.2) is 96.9 Å². The molecule has 7 atom stereocenters. The first kappa shape index (κ1) is 29.5. The maximum Gasteiger partial charge on any atom is 0.183 e. The van der Waals surface area contributed by atoms with Crippen LogP contribution >= 0.6 is 0 Å². The highest BCUT2D eigenvalue weighted by Crippen LogP contribution is 2.21. The molecular weight excluding hydrogens is 389 g/mol. The van der Waals surface area contributed by atoms with Gasteiger partial charge in [0, 0.05) is 31.2 Å². The molecule has 0 fully saturated rings. The molecule has 8 nitrogen and oxygen atoms in total. The summed E-state index contributed by atoms with van der Waals surface area (Å²) in [6.45, 7) is 15.0. The number of aliphatic hydroxyl groups is 4. The molecule has 0 heterocycles. The first-order valence-electron chi connectivity index (χ1n) is 10.6. The van der Waals surface area contributed by atoms with Crippen LogP contribution in [0.4, 0.5) is 0 Å². The molecular formula is C21H44BNO7. The maximum atomic E-state index is 10.2. The van der Waals surface area contributed by atoms with Gasteiger partial charge < -0.3 is 40.0 Å². The molecule has 0 aromatic rings. The Kier molecular flexibility index (Phi) is 13.6. The van der Waals surface area contributed by atoms with Crippen molar-refractivity contribution in [2.24, 2.45) is 5.92 Å². The molecule has 30 heavy (non-hydrogen) atoms. The van der Waals surface area contributed by atoms with Gasteiger partial charge in [0.05, 0.1) is 18.3 Å². The van der Waals surface area contributed by atoms with Gasteiger partial charge in [-0.3, -0.25) is 0 Å². The Balaban J connectivity index is 4.37. The van der Waals surface area contributed by atoms with Crippen LogP contribution < -0.4 is 5.32 Å². The van der Waals surface area contributed by atoms with E-state index in [4.69, 9.17) is 9.47 Å². The predicted molar refractivity (Wildman–Crippen MR) is 120 cm³/mol. The molecule has 178 valence electrons. The van der Waals surface area contributed by atoms with Crippen LogP contribution in [0.1, 0.15) is 47.5 Å². The number of rotatable bonds is 17. The Labute approximate surface area is 183 Å². The summed E-state index contributed by atoms with van der Waals surface area (Å²) < 4.78 is 16.5. The average molecular weight is 433 g/mol. The van der Waals surface area contributed by atoms with Crippen LogP contribution in [0.25, 0.3) is 0 Å². The summed E-state index contributed by atoms with van der Waals surface area (Å²) in [6.07, 6.45) is -2.63. The summed E-state index contributed by atoms with van der Waals surface area (Å²) in [5, 5.41) is 42.8. The maximum absolute atomic E-state index is 10.2. The van der Waals surface area contributed by atoms with Gasteiger partial charge in [0.15, 0.2) is 6.29 Å². The van der Waals surface area contributed by atoms with Gasteiger partial charge in [0.25, 0.3) is 0 Å². The highest BCUT2D eigenvalue weighted by atomic mass is 16.6. The Morgan fingerprint density at radius 1 is 1.00 bits per heavy atom. The first-order chi connectivity index (χ1) is 13.8. The highest BCUT2D eigenvalue weighted by Gasteiger charge is 2.34. The quantitative estimate of drug-likeness (QED) is 0.121. The molecule has 0 rings (SSSR count). The topological polar surface area (TPSA) is 121 Å². The molecule has 7 unspecified atom stereocenters. The van der Waals surface area contributed by atoms with Gasteiger partial charge in [-0.15, -0.1) is 6.58 Å². The molecule has 9 heteroatoms. The van der Waals surface area contributed by atoms with E-state index in [0.717, 1.165) is 13.0 Å². The Morgan fingerprint density at radius 3 is 2.13 bits per heavy atom. The second-order valence-corrected chi connectivity index (χ2v) is 9.23. The molecule has 0 aliphatic rings. The highest BCUT2D eigenvalue weighted by molar-refractivity contribution is 6.14. The lowest BCUT2D eigenvalue weighted by atomic mass is 9.80. The van der Waals surface area contributed by atoms with E-state index in [1.807, 2.05) is 19.9 Å². The summed E-state index contributed by atoms with van der Waals surface area (Å²) in [7, 11) is 3.25. The van der Waals surface area contributed by atoms with Gasteiger partial charge in [-0.25, -0.2) is 0 Å². The number of hydrogen-bond acceptors (Lipinski definition) is 8. The summed E-state index contributed by atoms with van der Waals surface area (Å²) in [5.41, 5.74) is -0.759. The van der Waals surface area contributed by atoms with Gasteiger partial charge in [-0.2, -0.15) is 0 Å². The number of nitrogens with one attached hydrogen (secondary N) is 1. The molecule has 5 N–H and O–H groups in total. The standard InChI is InChI=1S/C21H44BNO7/c1-8-15(3)23-11-9-21(6,22)29-12-10-20(4,5)30-13-14(2)16(24)17(25)18(26)19(27)28-7/h8,14-19,23-27H,1,9-13,22H2,2-7H3. The second kappa shape index (κ2) is 13.8. The lowest BCUT2D eigenvalue weighted by molar-refractivity contribution is -0.198. The van der Waals surface area contributed by atoms with Gasteiger partial charge in [-0.1, -0.05) is 13.0 Å². The van der Waals surface area contributed by atoms with Crippen LogP contribution in [0.2, 0.25) is 0 Å². The van der Waals surface area contributed by atoms with E-state index >= 15 is 0 Å². The zero-order valence-corrected chi connectivity index (χ0v) is 19.8. The number of ether oxygens (including phenoxy) is 3. The number of methoxy groups -OCH3 is 1.